The molecule has 0 spiro atoms. The van der Waals surface area contributed by atoms with Crippen molar-refractivity contribution in [3.05, 3.63) is 64.9 Å². The summed E-state index contributed by atoms with van der Waals surface area (Å²) in [4.78, 5) is 21.4. The fraction of sp³-hybridized carbons (Fsp3) is 0.375. The molecule has 8 heteroatoms. The van der Waals surface area contributed by atoms with Crippen molar-refractivity contribution < 1.29 is 18.7 Å². The average Bonchev–Trinajstić information content (AvgIpc) is 3.51. The molecule has 1 aliphatic rings. The number of halogens is 2. The van der Waals surface area contributed by atoms with E-state index in [2.05, 4.69) is 15.3 Å². The van der Waals surface area contributed by atoms with Gasteiger partial charge >= 0.3 is 0 Å². The summed E-state index contributed by atoms with van der Waals surface area (Å²) in [5, 5.41) is 3.47. The molecule has 1 fully saturated rings. The Balaban J connectivity index is 1.63. The zero-order chi connectivity index (χ0) is 23.0. The van der Waals surface area contributed by atoms with Crippen LogP contribution in [0.2, 0.25) is 5.02 Å². The number of carbonyl (C=O) groups excluding carboxylic acids is 1. The van der Waals surface area contributed by atoms with Crippen molar-refractivity contribution in [2.24, 2.45) is 15.9 Å². The number of amides is 1. The summed E-state index contributed by atoms with van der Waals surface area (Å²) in [6.07, 6.45) is 2.29. The van der Waals surface area contributed by atoms with Crippen LogP contribution >= 0.6 is 11.6 Å². The number of hydrogen-bond acceptors (Lipinski definition) is 4. The fourth-order valence-electron chi connectivity index (χ4n) is 3.57. The van der Waals surface area contributed by atoms with E-state index >= 15 is 0 Å². The Kier molecular flexibility index (Phi) is 8.50. The minimum absolute atomic E-state index is 0.130. The van der Waals surface area contributed by atoms with Gasteiger partial charge in [0, 0.05) is 29.4 Å². The van der Waals surface area contributed by atoms with Gasteiger partial charge < -0.3 is 14.8 Å². The summed E-state index contributed by atoms with van der Waals surface area (Å²) >= 11 is 6.20. The van der Waals surface area contributed by atoms with Crippen LogP contribution in [-0.4, -0.2) is 51.4 Å². The number of hydrogen-bond donors (Lipinski definition) is 1. The molecule has 2 aromatic carbocycles. The molecule has 1 amide bonds. The molecule has 2 atom stereocenters. The molecule has 0 aliphatic heterocycles. The highest BCUT2D eigenvalue weighted by Crippen LogP contribution is 2.55. The van der Waals surface area contributed by atoms with Crippen LogP contribution in [-0.2, 0) is 19.7 Å². The Hall–Kier alpha value is -2.61. The predicted octanol–water partition coefficient (Wildman–Crippen LogP) is 4.53. The average molecular weight is 460 g/mol. The third-order valence-corrected chi connectivity index (χ3v) is 5.60. The normalized spacial score (nSPS) is 20.5. The molecule has 0 radical (unpaired) electrons. The standard InChI is InChI=1S/C24H27ClFN3O3/c1-17(27-10-12-31-2)28-11-13-32-16-24(18-4-3-5-19(25)14-18)15-22(24)23(30)29-21-8-6-20(26)7-9-21/h3-9,11,14,22H,10,12-13,15-16H2,1-2H3,(H,29,30). The van der Waals surface area contributed by atoms with Gasteiger partial charge in [-0.25, -0.2) is 9.38 Å². The third-order valence-electron chi connectivity index (χ3n) is 5.37. The van der Waals surface area contributed by atoms with E-state index in [9.17, 15) is 9.18 Å². The van der Waals surface area contributed by atoms with Crippen LogP contribution < -0.4 is 5.32 Å². The molecule has 32 heavy (non-hydrogen) atoms. The number of benzene rings is 2. The van der Waals surface area contributed by atoms with Gasteiger partial charge in [-0.2, -0.15) is 0 Å². The largest absolute Gasteiger partial charge is 0.383 e. The van der Waals surface area contributed by atoms with Crippen molar-refractivity contribution in [3.8, 4) is 0 Å². The van der Waals surface area contributed by atoms with Crippen LogP contribution in [0.5, 0.6) is 0 Å². The molecule has 2 unspecified atom stereocenters. The minimum Gasteiger partial charge on any atom is -0.383 e. The van der Waals surface area contributed by atoms with Crippen molar-refractivity contribution in [1.29, 1.82) is 0 Å². The highest BCUT2D eigenvalue weighted by molar-refractivity contribution is 6.30. The van der Waals surface area contributed by atoms with Crippen molar-refractivity contribution >= 4 is 35.2 Å². The summed E-state index contributed by atoms with van der Waals surface area (Å²) in [6.45, 7) is 3.57. The summed E-state index contributed by atoms with van der Waals surface area (Å²) in [6, 6.07) is 13.2. The molecule has 1 saturated carbocycles. The van der Waals surface area contributed by atoms with E-state index in [1.54, 1.807) is 31.5 Å². The van der Waals surface area contributed by atoms with Gasteiger partial charge in [0.15, 0.2) is 0 Å². The van der Waals surface area contributed by atoms with Crippen molar-refractivity contribution in [1.82, 2.24) is 0 Å². The van der Waals surface area contributed by atoms with Gasteiger partial charge in [-0.1, -0.05) is 23.7 Å². The number of anilines is 1. The zero-order valence-electron chi connectivity index (χ0n) is 18.2. The third kappa shape index (κ3) is 6.45. The highest BCUT2D eigenvalue weighted by atomic mass is 35.5. The Labute approximate surface area is 192 Å². The molecule has 1 N–H and O–H groups in total. The first-order valence-corrected chi connectivity index (χ1v) is 10.7. The van der Waals surface area contributed by atoms with Crippen LogP contribution in [0.15, 0.2) is 58.5 Å². The minimum atomic E-state index is -0.468. The topological polar surface area (TPSA) is 72.3 Å². The maximum absolute atomic E-state index is 13.1. The van der Waals surface area contributed by atoms with E-state index in [4.69, 9.17) is 21.1 Å². The maximum atomic E-state index is 13.1. The SMILES string of the molecule is COCCN=C(C)N=CCOCC1(c2cccc(Cl)c2)CC1C(=O)Nc1ccc(F)cc1. The van der Waals surface area contributed by atoms with Crippen LogP contribution in [0.3, 0.4) is 0 Å². The number of nitrogens with one attached hydrogen (secondary N) is 1. The number of nitrogens with zero attached hydrogens (tertiary/aromatic N) is 2. The highest BCUT2D eigenvalue weighted by Gasteiger charge is 2.59. The lowest BCUT2D eigenvalue weighted by atomic mass is 9.93. The second-order valence-electron chi connectivity index (χ2n) is 7.67. The maximum Gasteiger partial charge on any atom is 0.228 e. The van der Waals surface area contributed by atoms with E-state index in [-0.39, 0.29) is 17.6 Å². The van der Waals surface area contributed by atoms with Gasteiger partial charge in [0.25, 0.3) is 0 Å². The molecule has 1 aliphatic carbocycles. The van der Waals surface area contributed by atoms with E-state index in [1.165, 1.54) is 12.1 Å². The lowest BCUT2D eigenvalue weighted by Crippen LogP contribution is -2.25. The molecule has 0 heterocycles. The summed E-state index contributed by atoms with van der Waals surface area (Å²) in [5.74, 6) is -0.106. The second kappa shape index (κ2) is 11.3. The number of amidine groups is 1. The number of carbonyl (C=O) groups is 1. The van der Waals surface area contributed by atoms with Crippen LogP contribution in [0.1, 0.15) is 18.9 Å². The lowest BCUT2D eigenvalue weighted by Gasteiger charge is -2.18. The quantitative estimate of drug-likeness (QED) is 0.322. The number of aliphatic imine (C=N–C) groups is 2. The molecule has 6 nitrogen and oxygen atoms in total. The van der Waals surface area contributed by atoms with Crippen molar-refractivity contribution in [3.63, 3.8) is 0 Å². The first kappa shape index (κ1) is 24.0. The van der Waals surface area contributed by atoms with Gasteiger partial charge in [0.1, 0.15) is 11.7 Å². The van der Waals surface area contributed by atoms with Gasteiger partial charge in [-0.15, -0.1) is 0 Å². The summed E-state index contributed by atoms with van der Waals surface area (Å²) in [5.41, 5.74) is 1.04. The van der Waals surface area contributed by atoms with E-state index in [0.29, 0.717) is 49.3 Å². The van der Waals surface area contributed by atoms with Gasteiger partial charge in [-0.05, 0) is 55.3 Å². The summed E-state index contributed by atoms with van der Waals surface area (Å²) in [7, 11) is 1.63. The van der Waals surface area contributed by atoms with E-state index < -0.39 is 5.41 Å². The Morgan fingerprint density at radius 2 is 2.09 bits per heavy atom. The zero-order valence-corrected chi connectivity index (χ0v) is 18.9. The van der Waals surface area contributed by atoms with Crippen LogP contribution in [0, 0.1) is 11.7 Å². The Bertz CT molecular complexity index is 981. The first-order chi connectivity index (χ1) is 15.4. The van der Waals surface area contributed by atoms with Crippen LogP contribution in [0.25, 0.3) is 0 Å². The first-order valence-electron chi connectivity index (χ1n) is 10.4. The van der Waals surface area contributed by atoms with Gasteiger partial charge in [0.2, 0.25) is 5.91 Å². The van der Waals surface area contributed by atoms with E-state index in [0.717, 1.165) is 5.56 Å². The number of ether oxygens (including phenoxy) is 2. The molecule has 3 rings (SSSR count). The smallest absolute Gasteiger partial charge is 0.228 e. The summed E-state index contributed by atoms with van der Waals surface area (Å²) < 4.78 is 24.0. The molecular formula is C24H27ClFN3O3. The number of rotatable bonds is 10. The Morgan fingerprint density at radius 3 is 2.81 bits per heavy atom. The van der Waals surface area contributed by atoms with Gasteiger partial charge in [0.05, 0.1) is 32.3 Å². The molecule has 0 aromatic heterocycles. The fourth-order valence-corrected chi connectivity index (χ4v) is 3.76. The van der Waals surface area contributed by atoms with E-state index in [1.807, 2.05) is 25.1 Å². The van der Waals surface area contributed by atoms with Crippen molar-refractivity contribution in [2.75, 3.05) is 38.8 Å². The molecule has 170 valence electrons. The van der Waals surface area contributed by atoms with Crippen molar-refractivity contribution in [2.45, 2.75) is 18.8 Å². The molecular weight excluding hydrogens is 433 g/mol. The lowest BCUT2D eigenvalue weighted by molar-refractivity contribution is -0.118. The second-order valence-corrected chi connectivity index (χ2v) is 8.10. The monoisotopic (exact) mass is 459 g/mol. The molecule has 0 bridgehead atoms. The molecule has 0 saturated heterocycles. The number of methoxy groups -OCH3 is 1. The Morgan fingerprint density at radius 1 is 1.31 bits per heavy atom. The van der Waals surface area contributed by atoms with Gasteiger partial charge in [-0.3, -0.25) is 9.79 Å². The molecule has 2 aromatic rings. The van der Waals surface area contributed by atoms with Crippen LogP contribution in [0.4, 0.5) is 10.1 Å². The predicted molar refractivity (Wildman–Crippen MR) is 125 cm³/mol.